The fourth-order valence-electron chi connectivity index (χ4n) is 2.70. The fraction of sp³-hybridized carbons (Fsp3) is 0.263. The van der Waals surface area contributed by atoms with Crippen molar-refractivity contribution in [3.8, 4) is 0 Å². The highest BCUT2D eigenvalue weighted by Gasteiger charge is 2.08. The van der Waals surface area contributed by atoms with Gasteiger partial charge in [0.15, 0.2) is 0 Å². The maximum absolute atomic E-state index is 12.3. The molecule has 0 spiro atoms. The van der Waals surface area contributed by atoms with Crippen LogP contribution in [-0.4, -0.2) is 20.9 Å². The number of nitrogens with one attached hydrogen (secondary N) is 1. The summed E-state index contributed by atoms with van der Waals surface area (Å²) in [5.74, 6) is -0.123. The summed E-state index contributed by atoms with van der Waals surface area (Å²) in [7, 11) is 0. The van der Waals surface area contributed by atoms with Crippen LogP contribution in [0, 0.1) is 13.8 Å². The summed E-state index contributed by atoms with van der Waals surface area (Å²) in [6.07, 6.45) is 0.178. The third-order valence-corrected chi connectivity index (χ3v) is 4.15. The average molecular weight is 336 g/mol. The second-order valence-corrected chi connectivity index (χ2v) is 6.09. The molecule has 1 amide bonds. The normalized spacial score (nSPS) is 10.8. The van der Waals surface area contributed by atoms with Gasteiger partial charge in [-0.3, -0.25) is 9.59 Å². The van der Waals surface area contributed by atoms with Gasteiger partial charge in [-0.15, -0.1) is 5.10 Å². The Morgan fingerprint density at radius 1 is 1.16 bits per heavy atom. The monoisotopic (exact) mass is 336 g/mol. The average Bonchev–Trinajstić information content (AvgIpc) is 2.60. The number of fused-ring (bicyclic) bond motifs is 1. The molecule has 128 valence electrons. The molecule has 0 aliphatic heterocycles. The predicted octanol–water partition coefficient (Wildman–Crippen LogP) is 2.11. The Morgan fingerprint density at radius 3 is 2.76 bits per heavy atom. The van der Waals surface area contributed by atoms with Crippen molar-refractivity contribution >= 4 is 16.8 Å². The number of aryl methyl sites for hydroxylation is 3. The van der Waals surface area contributed by atoms with Crippen molar-refractivity contribution in [2.75, 3.05) is 0 Å². The topological polar surface area (TPSA) is 76.9 Å². The van der Waals surface area contributed by atoms with Crippen LogP contribution in [0.15, 0.2) is 47.3 Å². The van der Waals surface area contributed by atoms with Crippen molar-refractivity contribution in [2.24, 2.45) is 0 Å². The van der Waals surface area contributed by atoms with Gasteiger partial charge in [0.1, 0.15) is 5.52 Å². The van der Waals surface area contributed by atoms with E-state index < -0.39 is 0 Å². The van der Waals surface area contributed by atoms with E-state index in [0.29, 0.717) is 17.4 Å². The molecular weight excluding hydrogens is 316 g/mol. The molecule has 0 bridgehead atoms. The van der Waals surface area contributed by atoms with E-state index in [4.69, 9.17) is 0 Å². The van der Waals surface area contributed by atoms with Gasteiger partial charge in [-0.25, -0.2) is 4.68 Å². The van der Waals surface area contributed by atoms with E-state index in [2.05, 4.69) is 21.7 Å². The zero-order valence-electron chi connectivity index (χ0n) is 14.3. The number of rotatable bonds is 5. The van der Waals surface area contributed by atoms with Crippen LogP contribution in [0.1, 0.15) is 23.1 Å². The van der Waals surface area contributed by atoms with E-state index in [0.717, 1.165) is 11.1 Å². The summed E-state index contributed by atoms with van der Waals surface area (Å²) in [6, 6.07) is 13.2. The van der Waals surface area contributed by atoms with Crippen molar-refractivity contribution in [1.29, 1.82) is 0 Å². The van der Waals surface area contributed by atoms with Crippen molar-refractivity contribution in [3.05, 3.63) is 69.5 Å². The van der Waals surface area contributed by atoms with Gasteiger partial charge < -0.3 is 5.32 Å². The van der Waals surface area contributed by atoms with E-state index >= 15 is 0 Å². The van der Waals surface area contributed by atoms with Gasteiger partial charge in [0.05, 0.1) is 11.9 Å². The highest BCUT2D eigenvalue weighted by molar-refractivity contribution is 5.77. The van der Waals surface area contributed by atoms with Gasteiger partial charge in [-0.1, -0.05) is 41.1 Å². The Kier molecular flexibility index (Phi) is 4.88. The molecule has 1 N–H and O–H groups in total. The Bertz CT molecular complexity index is 979. The zero-order chi connectivity index (χ0) is 17.8. The summed E-state index contributed by atoms with van der Waals surface area (Å²) in [6.45, 7) is 4.75. The Morgan fingerprint density at radius 2 is 1.96 bits per heavy atom. The van der Waals surface area contributed by atoms with E-state index in [1.165, 1.54) is 10.2 Å². The third kappa shape index (κ3) is 3.91. The van der Waals surface area contributed by atoms with E-state index in [1.54, 1.807) is 24.3 Å². The first-order valence-electron chi connectivity index (χ1n) is 8.20. The molecular formula is C19H20N4O2. The van der Waals surface area contributed by atoms with Crippen molar-refractivity contribution in [1.82, 2.24) is 20.3 Å². The summed E-state index contributed by atoms with van der Waals surface area (Å²) >= 11 is 0. The van der Waals surface area contributed by atoms with Crippen LogP contribution in [0.25, 0.3) is 10.9 Å². The lowest BCUT2D eigenvalue weighted by atomic mass is 10.1. The minimum Gasteiger partial charge on any atom is -0.352 e. The Labute approximate surface area is 145 Å². The summed E-state index contributed by atoms with van der Waals surface area (Å²) in [5.41, 5.74) is 3.76. The number of carbonyl (C=O) groups excluding carboxylic acids is 1. The quantitative estimate of drug-likeness (QED) is 0.774. The first-order valence-corrected chi connectivity index (χ1v) is 8.20. The molecule has 3 rings (SSSR count). The van der Waals surface area contributed by atoms with Crippen LogP contribution in [0.4, 0.5) is 0 Å². The molecule has 25 heavy (non-hydrogen) atoms. The number of aromatic nitrogens is 3. The molecule has 0 saturated heterocycles. The first-order chi connectivity index (χ1) is 12.0. The molecule has 1 heterocycles. The first kappa shape index (κ1) is 16.8. The van der Waals surface area contributed by atoms with E-state index in [1.807, 2.05) is 26.0 Å². The summed E-state index contributed by atoms with van der Waals surface area (Å²) in [5, 5.41) is 11.3. The van der Waals surface area contributed by atoms with Crippen LogP contribution in [0.2, 0.25) is 0 Å². The maximum atomic E-state index is 12.3. The highest BCUT2D eigenvalue weighted by Crippen LogP contribution is 2.10. The van der Waals surface area contributed by atoms with E-state index in [9.17, 15) is 9.59 Å². The molecule has 0 aliphatic carbocycles. The zero-order valence-corrected chi connectivity index (χ0v) is 14.3. The minimum atomic E-state index is -0.229. The lowest BCUT2D eigenvalue weighted by molar-refractivity contribution is -0.121. The van der Waals surface area contributed by atoms with Gasteiger partial charge >= 0.3 is 0 Å². The Balaban J connectivity index is 1.61. The number of nitrogens with zero attached hydrogens (tertiary/aromatic N) is 3. The van der Waals surface area contributed by atoms with Gasteiger partial charge in [0.25, 0.3) is 5.56 Å². The minimum absolute atomic E-state index is 0.123. The maximum Gasteiger partial charge on any atom is 0.277 e. The molecule has 1 aromatic heterocycles. The van der Waals surface area contributed by atoms with Gasteiger partial charge in [-0.05, 0) is 37.1 Å². The molecule has 6 nitrogen and oxygen atoms in total. The standard InChI is InChI=1S/C19H20N4O2/c1-13-7-8-15(14(2)11-13)12-20-18(24)9-10-23-19(25)16-5-3-4-6-17(16)21-22-23/h3-8,11H,9-10,12H2,1-2H3,(H,20,24). The fourth-order valence-corrected chi connectivity index (χ4v) is 2.70. The van der Waals surface area contributed by atoms with Crippen LogP contribution in [0.3, 0.4) is 0 Å². The lowest BCUT2D eigenvalue weighted by Gasteiger charge is -2.09. The van der Waals surface area contributed by atoms with Gasteiger partial charge in [0.2, 0.25) is 5.91 Å². The molecule has 0 unspecified atom stereocenters. The van der Waals surface area contributed by atoms with Crippen LogP contribution >= 0.6 is 0 Å². The third-order valence-electron chi connectivity index (χ3n) is 4.15. The molecule has 0 aliphatic rings. The van der Waals surface area contributed by atoms with Crippen LogP contribution < -0.4 is 10.9 Å². The molecule has 0 fully saturated rings. The molecule has 0 radical (unpaired) electrons. The second kappa shape index (κ2) is 7.25. The molecule has 3 aromatic rings. The number of hydrogen-bond acceptors (Lipinski definition) is 4. The van der Waals surface area contributed by atoms with Crippen molar-refractivity contribution < 1.29 is 4.79 Å². The number of carbonyl (C=O) groups is 1. The molecule has 0 atom stereocenters. The predicted molar refractivity (Wildman–Crippen MR) is 96.2 cm³/mol. The molecule has 2 aromatic carbocycles. The lowest BCUT2D eigenvalue weighted by Crippen LogP contribution is -2.29. The van der Waals surface area contributed by atoms with Crippen molar-refractivity contribution in [2.45, 2.75) is 33.4 Å². The van der Waals surface area contributed by atoms with E-state index in [-0.39, 0.29) is 24.4 Å². The summed E-state index contributed by atoms with van der Waals surface area (Å²) in [4.78, 5) is 24.4. The number of hydrogen-bond donors (Lipinski definition) is 1. The summed E-state index contributed by atoms with van der Waals surface area (Å²) < 4.78 is 1.24. The van der Waals surface area contributed by atoms with Gasteiger partial charge in [-0.2, -0.15) is 0 Å². The number of amides is 1. The van der Waals surface area contributed by atoms with Gasteiger partial charge in [0, 0.05) is 13.0 Å². The number of benzene rings is 2. The second-order valence-electron chi connectivity index (χ2n) is 6.09. The smallest absolute Gasteiger partial charge is 0.277 e. The molecule has 6 heteroatoms. The van der Waals surface area contributed by atoms with Crippen LogP contribution in [0.5, 0.6) is 0 Å². The molecule has 0 saturated carbocycles. The SMILES string of the molecule is Cc1ccc(CNC(=O)CCn2nnc3ccccc3c2=O)c(C)c1. The Hall–Kier alpha value is -3.02. The highest BCUT2D eigenvalue weighted by atomic mass is 16.2. The van der Waals surface area contributed by atoms with Crippen molar-refractivity contribution in [3.63, 3.8) is 0 Å². The largest absolute Gasteiger partial charge is 0.352 e. The van der Waals surface area contributed by atoms with Crippen LogP contribution in [-0.2, 0) is 17.9 Å².